The Balaban J connectivity index is 2.05. The first-order chi connectivity index (χ1) is 9.41. The zero-order valence-corrected chi connectivity index (χ0v) is 14.0. The van der Waals surface area contributed by atoms with Crippen LogP contribution in [0.2, 0.25) is 0 Å². The van der Waals surface area contributed by atoms with E-state index in [9.17, 15) is 0 Å². The van der Waals surface area contributed by atoms with Crippen LogP contribution in [0.5, 0.6) is 0 Å². The lowest BCUT2D eigenvalue weighted by molar-refractivity contribution is 0.0576. The molecule has 1 atom stereocenters. The standard InChI is InChI=1S/C16H30N4/c1-7-20-14(4)15(13(3)18-20)12(2)17-11-16(19(5)6)9-8-10-16/h12,17H,7-11H2,1-6H3. The summed E-state index contributed by atoms with van der Waals surface area (Å²) in [7, 11) is 4.41. The molecule has 2 rings (SSSR count). The van der Waals surface area contributed by atoms with Gasteiger partial charge < -0.3 is 10.2 Å². The van der Waals surface area contributed by atoms with Gasteiger partial charge in [0.1, 0.15) is 0 Å². The summed E-state index contributed by atoms with van der Waals surface area (Å²) in [5.74, 6) is 0. The highest BCUT2D eigenvalue weighted by atomic mass is 15.3. The van der Waals surface area contributed by atoms with Crippen LogP contribution in [-0.2, 0) is 6.54 Å². The summed E-state index contributed by atoms with van der Waals surface area (Å²) in [6, 6.07) is 0.368. The molecule has 0 aliphatic heterocycles. The van der Waals surface area contributed by atoms with Gasteiger partial charge in [0.2, 0.25) is 0 Å². The fraction of sp³-hybridized carbons (Fsp3) is 0.812. The van der Waals surface area contributed by atoms with Crippen molar-refractivity contribution in [3.63, 3.8) is 0 Å². The van der Waals surface area contributed by atoms with Gasteiger partial charge in [0.15, 0.2) is 0 Å². The van der Waals surface area contributed by atoms with E-state index in [2.05, 4.69) is 61.8 Å². The monoisotopic (exact) mass is 278 g/mol. The van der Waals surface area contributed by atoms with E-state index in [1.165, 1.54) is 30.5 Å². The molecule has 1 saturated carbocycles. The Kier molecular flexibility index (Phi) is 4.55. The first-order valence-corrected chi connectivity index (χ1v) is 7.86. The van der Waals surface area contributed by atoms with Crippen molar-refractivity contribution in [1.29, 1.82) is 0 Å². The lowest BCUT2D eigenvalue weighted by atomic mass is 9.75. The molecule has 0 amide bonds. The fourth-order valence-corrected chi connectivity index (χ4v) is 3.46. The predicted octanol–water partition coefficient (Wildman–Crippen LogP) is 2.65. The van der Waals surface area contributed by atoms with E-state index in [1.807, 2.05) is 0 Å². The number of nitrogens with zero attached hydrogens (tertiary/aromatic N) is 3. The molecule has 1 unspecified atom stereocenters. The normalized spacial score (nSPS) is 19.1. The largest absolute Gasteiger partial charge is 0.308 e. The van der Waals surface area contributed by atoms with Crippen LogP contribution in [0.1, 0.15) is 56.1 Å². The molecule has 0 radical (unpaired) electrons. The van der Waals surface area contributed by atoms with Crippen LogP contribution >= 0.6 is 0 Å². The number of aromatic nitrogens is 2. The van der Waals surface area contributed by atoms with E-state index in [0.717, 1.165) is 18.8 Å². The summed E-state index contributed by atoms with van der Waals surface area (Å²) >= 11 is 0. The predicted molar refractivity (Wildman–Crippen MR) is 84.1 cm³/mol. The second-order valence-electron chi connectivity index (χ2n) is 6.48. The van der Waals surface area contributed by atoms with Crippen molar-refractivity contribution in [3.8, 4) is 0 Å². The lowest BCUT2D eigenvalue weighted by Crippen LogP contribution is -2.56. The smallest absolute Gasteiger partial charge is 0.0644 e. The molecule has 0 spiro atoms. The zero-order valence-electron chi connectivity index (χ0n) is 14.0. The highest BCUT2D eigenvalue weighted by molar-refractivity contribution is 5.28. The van der Waals surface area contributed by atoms with Crippen molar-refractivity contribution < 1.29 is 0 Å². The summed E-state index contributed by atoms with van der Waals surface area (Å²) in [5.41, 5.74) is 4.21. The van der Waals surface area contributed by atoms with Crippen LogP contribution in [0.3, 0.4) is 0 Å². The molecule has 0 aromatic carbocycles. The Morgan fingerprint density at radius 2 is 2.00 bits per heavy atom. The maximum atomic E-state index is 4.63. The number of nitrogens with one attached hydrogen (secondary N) is 1. The van der Waals surface area contributed by atoms with Gasteiger partial charge in [0, 0.05) is 35.9 Å². The number of aryl methyl sites for hydroxylation is 2. The van der Waals surface area contributed by atoms with Gasteiger partial charge in [-0.2, -0.15) is 5.10 Å². The van der Waals surface area contributed by atoms with Gasteiger partial charge in [0.25, 0.3) is 0 Å². The molecule has 4 heteroatoms. The Labute approximate surface area is 123 Å². The highest BCUT2D eigenvalue weighted by Gasteiger charge is 2.39. The van der Waals surface area contributed by atoms with Gasteiger partial charge in [-0.1, -0.05) is 0 Å². The molecule has 1 aliphatic carbocycles. The van der Waals surface area contributed by atoms with Gasteiger partial charge in [-0.15, -0.1) is 0 Å². The van der Waals surface area contributed by atoms with Crippen LogP contribution in [0.25, 0.3) is 0 Å². The Hall–Kier alpha value is -0.870. The van der Waals surface area contributed by atoms with Crippen LogP contribution in [-0.4, -0.2) is 40.9 Å². The molecule has 0 bridgehead atoms. The molecule has 1 aromatic heterocycles. The number of likely N-dealkylation sites (N-methyl/N-ethyl adjacent to an activating group) is 1. The molecular formula is C16H30N4. The third-order valence-corrected chi connectivity index (χ3v) is 5.14. The van der Waals surface area contributed by atoms with Crippen molar-refractivity contribution in [2.24, 2.45) is 0 Å². The van der Waals surface area contributed by atoms with Crippen molar-refractivity contribution >= 4 is 0 Å². The van der Waals surface area contributed by atoms with Crippen LogP contribution in [0, 0.1) is 13.8 Å². The average molecular weight is 278 g/mol. The highest BCUT2D eigenvalue weighted by Crippen LogP contribution is 2.36. The third-order valence-electron chi connectivity index (χ3n) is 5.14. The Bertz CT molecular complexity index is 457. The van der Waals surface area contributed by atoms with Crippen LogP contribution in [0.15, 0.2) is 0 Å². The van der Waals surface area contributed by atoms with Gasteiger partial charge >= 0.3 is 0 Å². The summed E-state index contributed by atoms with van der Waals surface area (Å²) < 4.78 is 2.11. The minimum Gasteiger partial charge on any atom is -0.308 e. The zero-order chi connectivity index (χ0) is 14.9. The van der Waals surface area contributed by atoms with Gasteiger partial charge in [-0.05, 0) is 61.1 Å². The maximum Gasteiger partial charge on any atom is 0.0644 e. The van der Waals surface area contributed by atoms with E-state index in [1.54, 1.807) is 0 Å². The first-order valence-electron chi connectivity index (χ1n) is 7.86. The summed E-state index contributed by atoms with van der Waals surface area (Å²) in [5, 5.41) is 8.38. The second kappa shape index (κ2) is 5.86. The molecule has 114 valence electrons. The molecule has 1 aromatic rings. The number of hydrogen-bond acceptors (Lipinski definition) is 3. The third kappa shape index (κ3) is 2.63. The van der Waals surface area contributed by atoms with Crippen molar-refractivity contribution in [3.05, 3.63) is 17.0 Å². The Morgan fingerprint density at radius 1 is 1.35 bits per heavy atom. The van der Waals surface area contributed by atoms with Gasteiger partial charge in [-0.25, -0.2) is 0 Å². The summed E-state index contributed by atoms with van der Waals surface area (Å²) in [6.45, 7) is 10.7. The molecule has 4 nitrogen and oxygen atoms in total. The van der Waals surface area contributed by atoms with E-state index >= 15 is 0 Å². The van der Waals surface area contributed by atoms with Crippen LogP contribution < -0.4 is 5.32 Å². The molecular weight excluding hydrogens is 248 g/mol. The van der Waals surface area contributed by atoms with Crippen molar-refractivity contribution in [1.82, 2.24) is 20.0 Å². The minimum atomic E-state index is 0.368. The summed E-state index contributed by atoms with van der Waals surface area (Å²) in [4.78, 5) is 2.39. The fourth-order valence-electron chi connectivity index (χ4n) is 3.46. The molecule has 1 N–H and O–H groups in total. The number of rotatable bonds is 6. The molecule has 1 aliphatic rings. The lowest BCUT2D eigenvalue weighted by Gasteiger charge is -2.48. The Morgan fingerprint density at radius 3 is 2.40 bits per heavy atom. The molecule has 0 saturated heterocycles. The van der Waals surface area contributed by atoms with E-state index in [4.69, 9.17) is 0 Å². The van der Waals surface area contributed by atoms with Gasteiger partial charge in [-0.3, -0.25) is 4.68 Å². The van der Waals surface area contributed by atoms with Crippen molar-refractivity contribution in [2.75, 3.05) is 20.6 Å². The maximum absolute atomic E-state index is 4.63. The van der Waals surface area contributed by atoms with Crippen molar-refractivity contribution in [2.45, 2.75) is 65.1 Å². The summed E-state index contributed by atoms with van der Waals surface area (Å²) in [6.07, 6.45) is 3.98. The molecule has 1 fully saturated rings. The topological polar surface area (TPSA) is 33.1 Å². The molecule has 1 heterocycles. The van der Waals surface area contributed by atoms with E-state index in [0.29, 0.717) is 11.6 Å². The first kappa shape index (κ1) is 15.5. The quantitative estimate of drug-likeness (QED) is 0.868. The minimum absolute atomic E-state index is 0.368. The SMILES string of the molecule is CCn1nc(C)c(C(C)NCC2(N(C)C)CCC2)c1C. The molecule has 20 heavy (non-hydrogen) atoms. The average Bonchev–Trinajstić information content (AvgIpc) is 2.62. The second-order valence-corrected chi connectivity index (χ2v) is 6.48. The van der Waals surface area contributed by atoms with E-state index in [-0.39, 0.29) is 0 Å². The van der Waals surface area contributed by atoms with Crippen LogP contribution in [0.4, 0.5) is 0 Å². The van der Waals surface area contributed by atoms with Gasteiger partial charge in [0.05, 0.1) is 5.69 Å². The van der Waals surface area contributed by atoms with E-state index < -0.39 is 0 Å². The number of hydrogen-bond donors (Lipinski definition) is 1.